The van der Waals surface area contributed by atoms with Crippen LogP contribution in [0.4, 0.5) is 4.79 Å². The fourth-order valence-electron chi connectivity index (χ4n) is 0.553. The zero-order valence-electron chi connectivity index (χ0n) is 7.05. The molecule has 6 heteroatoms. The van der Waals surface area contributed by atoms with Gasteiger partial charge in [0, 0.05) is 0 Å². The van der Waals surface area contributed by atoms with Gasteiger partial charge in [0.25, 0.3) is 0 Å². The third kappa shape index (κ3) is 7.20. The molecule has 12 heavy (non-hydrogen) atoms. The van der Waals surface area contributed by atoms with Gasteiger partial charge < -0.3 is 16.4 Å². The molecule has 5 nitrogen and oxygen atoms in total. The standard InChI is InChI=1S/C6H13N3O2S/c1-6(2,12)9-4(10)3-8-5(7)11/h12H,3H2,1-2H3,(H,9,10)(H3,7,8,11). The normalized spacial score (nSPS) is 10.6. The van der Waals surface area contributed by atoms with Crippen molar-refractivity contribution in [1.82, 2.24) is 10.6 Å². The lowest BCUT2D eigenvalue weighted by molar-refractivity contribution is -0.120. The van der Waals surface area contributed by atoms with Gasteiger partial charge in [-0.2, -0.15) is 12.6 Å². The summed E-state index contributed by atoms with van der Waals surface area (Å²) in [5.41, 5.74) is 4.76. The van der Waals surface area contributed by atoms with E-state index in [2.05, 4.69) is 23.3 Å². The van der Waals surface area contributed by atoms with Gasteiger partial charge >= 0.3 is 6.03 Å². The topological polar surface area (TPSA) is 84.2 Å². The Balaban J connectivity index is 3.68. The Labute approximate surface area is 76.5 Å². The molecule has 4 N–H and O–H groups in total. The smallest absolute Gasteiger partial charge is 0.312 e. The largest absolute Gasteiger partial charge is 0.352 e. The number of thiol groups is 1. The third-order valence-electron chi connectivity index (χ3n) is 0.868. The number of primary amides is 1. The monoisotopic (exact) mass is 191 g/mol. The second-order valence-corrected chi connectivity index (χ2v) is 3.94. The molecule has 0 aliphatic heterocycles. The van der Waals surface area contributed by atoms with Crippen LogP contribution < -0.4 is 16.4 Å². The maximum atomic E-state index is 10.9. The molecule has 3 amide bonds. The zero-order valence-corrected chi connectivity index (χ0v) is 7.94. The van der Waals surface area contributed by atoms with Gasteiger partial charge in [0.2, 0.25) is 5.91 Å². The van der Waals surface area contributed by atoms with Crippen LogP contribution in [0.25, 0.3) is 0 Å². The lowest BCUT2D eigenvalue weighted by Gasteiger charge is -2.19. The molecule has 0 spiro atoms. The molecule has 0 aromatic carbocycles. The lowest BCUT2D eigenvalue weighted by atomic mass is 10.4. The Kier molecular flexibility index (Phi) is 3.88. The van der Waals surface area contributed by atoms with Crippen LogP contribution in [0.2, 0.25) is 0 Å². The third-order valence-corrected chi connectivity index (χ3v) is 0.980. The first-order chi connectivity index (χ1) is 5.31. The number of amides is 3. The molecule has 0 unspecified atom stereocenters. The Hall–Kier alpha value is -0.910. The van der Waals surface area contributed by atoms with Gasteiger partial charge in [0.05, 0.1) is 11.4 Å². The molecule has 0 aliphatic rings. The number of carbonyl (C=O) groups excluding carboxylic acids is 2. The van der Waals surface area contributed by atoms with E-state index in [0.717, 1.165) is 0 Å². The molecule has 0 rings (SSSR count). The van der Waals surface area contributed by atoms with Gasteiger partial charge in [-0.25, -0.2) is 4.79 Å². The van der Waals surface area contributed by atoms with Crippen molar-refractivity contribution in [3.05, 3.63) is 0 Å². The first-order valence-corrected chi connectivity index (χ1v) is 3.82. The van der Waals surface area contributed by atoms with Crippen molar-refractivity contribution >= 4 is 24.6 Å². The summed E-state index contributed by atoms with van der Waals surface area (Å²) in [6.07, 6.45) is 0. The Morgan fingerprint density at radius 3 is 2.33 bits per heavy atom. The van der Waals surface area contributed by atoms with Crippen LogP contribution in [0.3, 0.4) is 0 Å². The van der Waals surface area contributed by atoms with Crippen LogP contribution in [-0.4, -0.2) is 23.4 Å². The molecule has 70 valence electrons. The zero-order chi connectivity index (χ0) is 9.78. The van der Waals surface area contributed by atoms with Crippen molar-refractivity contribution in [3.8, 4) is 0 Å². The van der Waals surface area contributed by atoms with Gasteiger partial charge in [0.15, 0.2) is 0 Å². The molecule has 0 aromatic rings. The first kappa shape index (κ1) is 11.1. The molecule has 0 fully saturated rings. The number of nitrogens with one attached hydrogen (secondary N) is 2. The number of hydrogen-bond donors (Lipinski definition) is 4. The molecule has 0 bridgehead atoms. The number of nitrogens with two attached hydrogens (primary N) is 1. The minimum Gasteiger partial charge on any atom is -0.352 e. The van der Waals surface area contributed by atoms with Crippen LogP contribution in [0, 0.1) is 0 Å². The molecule has 0 heterocycles. The van der Waals surface area contributed by atoms with E-state index in [1.165, 1.54) is 0 Å². The minimum absolute atomic E-state index is 0.126. The second-order valence-electron chi connectivity index (χ2n) is 2.82. The Bertz CT molecular complexity index is 188. The van der Waals surface area contributed by atoms with Gasteiger partial charge in [-0.05, 0) is 13.8 Å². The van der Waals surface area contributed by atoms with E-state index in [-0.39, 0.29) is 12.5 Å². The summed E-state index contributed by atoms with van der Waals surface area (Å²) in [4.78, 5) is 20.5. The van der Waals surface area contributed by atoms with Crippen molar-refractivity contribution in [2.24, 2.45) is 5.73 Å². The number of hydrogen-bond acceptors (Lipinski definition) is 3. The van der Waals surface area contributed by atoms with Crippen molar-refractivity contribution in [3.63, 3.8) is 0 Å². The summed E-state index contributed by atoms with van der Waals surface area (Å²) in [7, 11) is 0. The molecule has 0 atom stereocenters. The van der Waals surface area contributed by atoms with Crippen molar-refractivity contribution < 1.29 is 9.59 Å². The van der Waals surface area contributed by atoms with Crippen molar-refractivity contribution in [2.75, 3.05) is 6.54 Å². The van der Waals surface area contributed by atoms with E-state index in [1.54, 1.807) is 13.8 Å². The molecule has 0 aliphatic carbocycles. The average Bonchev–Trinajstić information content (AvgIpc) is 1.79. The van der Waals surface area contributed by atoms with E-state index in [1.807, 2.05) is 0 Å². The highest BCUT2D eigenvalue weighted by atomic mass is 32.1. The first-order valence-electron chi connectivity index (χ1n) is 3.38. The fourth-order valence-corrected chi connectivity index (χ4v) is 0.677. The quantitative estimate of drug-likeness (QED) is 0.356. The summed E-state index contributed by atoms with van der Waals surface area (Å²) in [5, 5.41) is 4.69. The Morgan fingerprint density at radius 2 is 2.00 bits per heavy atom. The van der Waals surface area contributed by atoms with Gasteiger partial charge in [-0.3, -0.25) is 4.79 Å². The second kappa shape index (κ2) is 4.20. The van der Waals surface area contributed by atoms with Gasteiger partial charge in [-0.15, -0.1) is 0 Å². The maximum Gasteiger partial charge on any atom is 0.312 e. The summed E-state index contributed by atoms with van der Waals surface area (Å²) in [6, 6.07) is -0.720. The van der Waals surface area contributed by atoms with E-state index < -0.39 is 10.9 Å². The minimum atomic E-state index is -0.720. The summed E-state index contributed by atoms with van der Waals surface area (Å²) in [6.45, 7) is 3.32. The highest BCUT2D eigenvalue weighted by molar-refractivity contribution is 7.81. The molecule has 0 saturated heterocycles. The lowest BCUT2D eigenvalue weighted by Crippen LogP contribution is -2.45. The van der Waals surface area contributed by atoms with Crippen molar-refractivity contribution in [2.45, 2.75) is 18.7 Å². The van der Waals surface area contributed by atoms with Crippen molar-refractivity contribution in [1.29, 1.82) is 0 Å². The molecular weight excluding hydrogens is 178 g/mol. The number of carbonyl (C=O) groups is 2. The fraction of sp³-hybridized carbons (Fsp3) is 0.667. The highest BCUT2D eigenvalue weighted by Gasteiger charge is 2.14. The van der Waals surface area contributed by atoms with E-state index in [0.29, 0.717) is 0 Å². The molecular formula is C6H13N3O2S. The molecule has 0 radical (unpaired) electrons. The highest BCUT2D eigenvalue weighted by Crippen LogP contribution is 2.05. The average molecular weight is 191 g/mol. The SMILES string of the molecule is CC(C)(S)NC(=O)CNC(N)=O. The number of rotatable bonds is 3. The Morgan fingerprint density at radius 1 is 1.50 bits per heavy atom. The van der Waals surface area contributed by atoms with Crippen LogP contribution >= 0.6 is 12.6 Å². The van der Waals surface area contributed by atoms with E-state index in [4.69, 9.17) is 5.73 Å². The van der Waals surface area contributed by atoms with Crippen LogP contribution in [0.5, 0.6) is 0 Å². The van der Waals surface area contributed by atoms with E-state index >= 15 is 0 Å². The predicted molar refractivity (Wildman–Crippen MR) is 48.8 cm³/mol. The van der Waals surface area contributed by atoms with Gasteiger partial charge in [0.1, 0.15) is 0 Å². The van der Waals surface area contributed by atoms with Crippen LogP contribution in [0.1, 0.15) is 13.8 Å². The van der Waals surface area contributed by atoms with E-state index in [9.17, 15) is 9.59 Å². The summed E-state index contributed by atoms with van der Waals surface area (Å²) < 4.78 is 0. The summed E-state index contributed by atoms with van der Waals surface area (Å²) >= 11 is 4.06. The number of urea groups is 1. The maximum absolute atomic E-state index is 10.9. The molecule has 0 aromatic heterocycles. The molecule has 0 saturated carbocycles. The van der Waals surface area contributed by atoms with Crippen LogP contribution in [0.15, 0.2) is 0 Å². The summed E-state index contributed by atoms with van der Waals surface area (Å²) in [5.74, 6) is -0.325. The predicted octanol–water partition coefficient (Wildman–Crippen LogP) is -0.563. The van der Waals surface area contributed by atoms with Gasteiger partial charge in [-0.1, -0.05) is 0 Å². The van der Waals surface area contributed by atoms with Crippen LogP contribution in [-0.2, 0) is 4.79 Å².